The zero-order valence-electron chi connectivity index (χ0n) is 12.9. The second kappa shape index (κ2) is 6.56. The summed E-state index contributed by atoms with van der Waals surface area (Å²) in [6.07, 6.45) is -5.08. The van der Waals surface area contributed by atoms with Crippen LogP contribution in [0.3, 0.4) is 0 Å². The number of halogens is 3. The van der Waals surface area contributed by atoms with Crippen molar-refractivity contribution in [3.05, 3.63) is 35.4 Å². The molecular formula is C15H20F3NO3. The fourth-order valence-electron chi connectivity index (χ4n) is 1.75. The Morgan fingerprint density at radius 2 is 1.73 bits per heavy atom. The normalized spacial score (nSPS) is 13.6. The first-order valence-electron chi connectivity index (χ1n) is 6.77. The van der Waals surface area contributed by atoms with Gasteiger partial charge in [0.15, 0.2) is 0 Å². The van der Waals surface area contributed by atoms with E-state index in [-0.39, 0.29) is 6.42 Å². The number of hydroxylamine groups is 2. The van der Waals surface area contributed by atoms with Crippen LogP contribution in [-0.2, 0) is 17.3 Å². The first-order chi connectivity index (χ1) is 9.90. The Morgan fingerprint density at radius 3 is 2.14 bits per heavy atom. The van der Waals surface area contributed by atoms with Crippen molar-refractivity contribution in [3.63, 3.8) is 0 Å². The minimum absolute atomic E-state index is 0.202. The molecule has 1 unspecified atom stereocenters. The second-order valence-electron chi connectivity index (χ2n) is 6.07. The van der Waals surface area contributed by atoms with Crippen molar-refractivity contribution < 1.29 is 27.9 Å². The molecule has 0 radical (unpaired) electrons. The summed E-state index contributed by atoms with van der Waals surface area (Å²) in [5.74, 6) is 0. The van der Waals surface area contributed by atoms with E-state index >= 15 is 0 Å². The van der Waals surface area contributed by atoms with E-state index in [1.165, 1.54) is 12.1 Å². The largest absolute Gasteiger partial charge is 0.442 e. The van der Waals surface area contributed by atoms with Crippen LogP contribution in [-0.4, -0.2) is 28.0 Å². The number of hydrogen-bond acceptors (Lipinski definition) is 3. The molecule has 1 amide bonds. The molecule has 0 aromatic heterocycles. The van der Waals surface area contributed by atoms with Crippen LogP contribution in [0.5, 0.6) is 0 Å². The van der Waals surface area contributed by atoms with Gasteiger partial charge in [0.25, 0.3) is 0 Å². The number of hydrogen-bond donors (Lipinski definition) is 1. The average Bonchev–Trinajstić information content (AvgIpc) is 2.35. The molecule has 1 rings (SSSR count). The molecule has 1 atom stereocenters. The first-order valence-corrected chi connectivity index (χ1v) is 6.77. The fraction of sp³-hybridized carbons (Fsp3) is 0.533. The highest BCUT2D eigenvalue weighted by atomic mass is 19.4. The van der Waals surface area contributed by atoms with E-state index in [1.54, 1.807) is 27.7 Å². The van der Waals surface area contributed by atoms with Gasteiger partial charge in [-0.3, -0.25) is 5.21 Å². The number of alkyl halides is 3. The molecule has 0 fully saturated rings. The Bertz CT molecular complexity index is 506. The van der Waals surface area contributed by atoms with Gasteiger partial charge in [0.1, 0.15) is 5.60 Å². The van der Waals surface area contributed by atoms with Crippen molar-refractivity contribution in [2.45, 2.75) is 51.9 Å². The molecule has 1 N–H and O–H groups in total. The predicted octanol–water partition coefficient (Wildman–Crippen LogP) is 4.26. The first kappa shape index (κ1) is 18.3. The smallest absolute Gasteiger partial charge is 0.434 e. The van der Waals surface area contributed by atoms with Gasteiger partial charge in [0, 0.05) is 0 Å². The van der Waals surface area contributed by atoms with Crippen molar-refractivity contribution in [2.24, 2.45) is 0 Å². The number of carbonyl (C=O) groups excluding carboxylic acids is 1. The van der Waals surface area contributed by atoms with Crippen LogP contribution in [0.1, 0.15) is 38.8 Å². The van der Waals surface area contributed by atoms with Gasteiger partial charge >= 0.3 is 12.3 Å². The van der Waals surface area contributed by atoms with Gasteiger partial charge < -0.3 is 4.74 Å². The molecule has 0 aliphatic rings. The van der Waals surface area contributed by atoms with Crippen molar-refractivity contribution >= 4 is 6.09 Å². The van der Waals surface area contributed by atoms with Crippen molar-refractivity contribution in [1.82, 2.24) is 5.06 Å². The molecule has 124 valence electrons. The van der Waals surface area contributed by atoms with Gasteiger partial charge in [-0.1, -0.05) is 12.1 Å². The Morgan fingerprint density at radius 1 is 1.23 bits per heavy atom. The maximum atomic E-state index is 12.5. The SMILES string of the molecule is CC(Cc1ccc(C(F)(F)F)cc1)N(O)C(=O)OC(C)(C)C. The summed E-state index contributed by atoms with van der Waals surface area (Å²) in [6, 6.07) is 3.95. The zero-order valence-corrected chi connectivity index (χ0v) is 12.9. The van der Waals surface area contributed by atoms with Gasteiger partial charge in [-0.05, 0) is 51.8 Å². The minimum Gasteiger partial charge on any atom is -0.442 e. The third-order valence-corrected chi connectivity index (χ3v) is 2.81. The standard InChI is InChI=1S/C15H20F3NO3/c1-10(19(21)13(20)22-14(2,3)4)9-11-5-7-12(8-6-11)15(16,17)18/h5-8,10,21H,9H2,1-4H3. The lowest BCUT2D eigenvalue weighted by Crippen LogP contribution is -2.40. The van der Waals surface area contributed by atoms with Gasteiger partial charge in [-0.15, -0.1) is 0 Å². The summed E-state index contributed by atoms with van der Waals surface area (Å²) in [7, 11) is 0. The van der Waals surface area contributed by atoms with Crippen LogP contribution >= 0.6 is 0 Å². The molecule has 22 heavy (non-hydrogen) atoms. The van der Waals surface area contributed by atoms with E-state index in [1.807, 2.05) is 0 Å². The van der Waals surface area contributed by atoms with Crippen LogP contribution in [0.2, 0.25) is 0 Å². The van der Waals surface area contributed by atoms with E-state index in [2.05, 4.69) is 0 Å². The van der Waals surface area contributed by atoms with Crippen molar-refractivity contribution in [3.8, 4) is 0 Å². The van der Waals surface area contributed by atoms with E-state index in [0.29, 0.717) is 10.6 Å². The molecule has 1 aromatic rings. The van der Waals surface area contributed by atoms with Gasteiger partial charge in [0.2, 0.25) is 0 Å². The van der Waals surface area contributed by atoms with Crippen molar-refractivity contribution in [1.29, 1.82) is 0 Å². The highest BCUT2D eigenvalue weighted by Crippen LogP contribution is 2.29. The van der Waals surface area contributed by atoms with E-state index in [0.717, 1.165) is 12.1 Å². The molecule has 4 nitrogen and oxygen atoms in total. The number of rotatable bonds is 3. The number of nitrogens with zero attached hydrogens (tertiary/aromatic N) is 1. The Balaban J connectivity index is 2.68. The molecule has 0 spiro atoms. The zero-order chi connectivity index (χ0) is 17.1. The molecule has 0 saturated carbocycles. The topological polar surface area (TPSA) is 49.8 Å². The van der Waals surface area contributed by atoms with Crippen LogP contribution in [0, 0.1) is 0 Å². The summed E-state index contributed by atoms with van der Waals surface area (Å²) >= 11 is 0. The monoisotopic (exact) mass is 319 g/mol. The molecule has 0 saturated heterocycles. The van der Waals surface area contributed by atoms with Crippen molar-refractivity contribution in [2.75, 3.05) is 0 Å². The van der Waals surface area contributed by atoms with Crippen LogP contribution in [0.15, 0.2) is 24.3 Å². The Labute approximate surface area is 127 Å². The highest BCUT2D eigenvalue weighted by Gasteiger charge is 2.30. The summed E-state index contributed by atoms with van der Waals surface area (Å²) in [5.41, 5.74) is -0.911. The minimum atomic E-state index is -4.39. The van der Waals surface area contributed by atoms with Gasteiger partial charge in [-0.2, -0.15) is 18.2 Å². The van der Waals surface area contributed by atoms with E-state index in [4.69, 9.17) is 4.74 Å². The van der Waals surface area contributed by atoms with Crippen LogP contribution < -0.4 is 0 Å². The number of ether oxygens (including phenoxy) is 1. The van der Waals surface area contributed by atoms with Gasteiger partial charge in [-0.25, -0.2) is 4.79 Å². The summed E-state index contributed by atoms with van der Waals surface area (Å²) in [5, 5.41) is 10.2. The van der Waals surface area contributed by atoms with E-state index in [9.17, 15) is 23.2 Å². The third-order valence-electron chi connectivity index (χ3n) is 2.81. The summed E-state index contributed by atoms with van der Waals surface area (Å²) < 4.78 is 42.4. The van der Waals surface area contributed by atoms with E-state index < -0.39 is 29.5 Å². The number of carbonyl (C=O) groups is 1. The van der Waals surface area contributed by atoms with Crippen LogP contribution in [0.4, 0.5) is 18.0 Å². The molecule has 7 heteroatoms. The average molecular weight is 319 g/mol. The molecule has 0 aliphatic carbocycles. The molecule has 0 heterocycles. The molecule has 0 bridgehead atoms. The molecule has 0 aliphatic heterocycles. The predicted molar refractivity (Wildman–Crippen MR) is 74.5 cm³/mol. The number of amides is 1. The highest BCUT2D eigenvalue weighted by molar-refractivity contribution is 5.67. The second-order valence-corrected chi connectivity index (χ2v) is 6.07. The Kier molecular flexibility index (Phi) is 5.45. The fourth-order valence-corrected chi connectivity index (χ4v) is 1.75. The summed E-state index contributed by atoms with van der Waals surface area (Å²) in [4.78, 5) is 11.7. The summed E-state index contributed by atoms with van der Waals surface area (Å²) in [6.45, 7) is 6.57. The number of benzene rings is 1. The lowest BCUT2D eigenvalue weighted by Gasteiger charge is -2.27. The van der Waals surface area contributed by atoms with Crippen LogP contribution in [0.25, 0.3) is 0 Å². The molecular weight excluding hydrogens is 299 g/mol. The quantitative estimate of drug-likeness (QED) is 0.669. The maximum Gasteiger partial charge on any atom is 0.434 e. The Hall–Kier alpha value is -1.76. The maximum absolute atomic E-state index is 12.5. The lowest BCUT2D eigenvalue weighted by molar-refractivity contribution is -0.137. The lowest BCUT2D eigenvalue weighted by atomic mass is 10.0. The van der Waals surface area contributed by atoms with Gasteiger partial charge in [0.05, 0.1) is 11.6 Å². The molecule has 1 aromatic carbocycles. The third kappa shape index (κ3) is 5.55.